The van der Waals surface area contributed by atoms with Crippen LogP contribution in [0, 0.1) is 5.92 Å². The molecule has 1 aliphatic heterocycles. The predicted molar refractivity (Wildman–Crippen MR) is 141 cm³/mol. The summed E-state index contributed by atoms with van der Waals surface area (Å²) in [4.78, 5) is 4.67. The highest BCUT2D eigenvalue weighted by Crippen LogP contribution is 2.32. The zero-order valence-corrected chi connectivity index (χ0v) is 22.0. The lowest BCUT2D eigenvalue weighted by atomic mass is 9.89. The van der Waals surface area contributed by atoms with Crippen LogP contribution in [0.2, 0.25) is 0 Å². The van der Waals surface area contributed by atoms with E-state index in [2.05, 4.69) is 46.8 Å². The summed E-state index contributed by atoms with van der Waals surface area (Å²) in [5.41, 5.74) is 2.84. The van der Waals surface area contributed by atoms with Gasteiger partial charge in [-0.2, -0.15) is 0 Å². The molecule has 1 saturated heterocycles. The van der Waals surface area contributed by atoms with Crippen molar-refractivity contribution in [3.05, 3.63) is 35.4 Å². The molecule has 6 nitrogen and oxygen atoms in total. The summed E-state index contributed by atoms with van der Waals surface area (Å²) in [5, 5.41) is 6.75. The Bertz CT molecular complexity index is 653. The summed E-state index contributed by atoms with van der Waals surface area (Å²) in [6, 6.07) is 8.71. The van der Waals surface area contributed by atoms with E-state index < -0.39 is 0 Å². The van der Waals surface area contributed by atoms with Crippen molar-refractivity contribution in [1.82, 2.24) is 10.6 Å². The first kappa shape index (κ1) is 27.3. The van der Waals surface area contributed by atoms with E-state index in [9.17, 15) is 0 Å². The van der Waals surface area contributed by atoms with Crippen molar-refractivity contribution < 1.29 is 14.2 Å². The van der Waals surface area contributed by atoms with Crippen LogP contribution in [0.1, 0.15) is 62.7 Å². The summed E-state index contributed by atoms with van der Waals surface area (Å²) >= 11 is 0. The van der Waals surface area contributed by atoms with E-state index in [1.807, 2.05) is 0 Å². The lowest BCUT2D eigenvalue weighted by Crippen LogP contribution is -2.38. The summed E-state index contributed by atoms with van der Waals surface area (Å²) in [6.07, 6.45) is 7.96. The van der Waals surface area contributed by atoms with Gasteiger partial charge in [-0.25, -0.2) is 0 Å². The number of fused-ring (bicyclic) bond motifs is 1. The Morgan fingerprint density at radius 2 is 1.94 bits per heavy atom. The van der Waals surface area contributed by atoms with E-state index in [-0.39, 0.29) is 30.1 Å². The first-order valence-corrected chi connectivity index (χ1v) is 12.2. The molecule has 7 heteroatoms. The summed E-state index contributed by atoms with van der Waals surface area (Å²) in [6.45, 7) is 8.77. The van der Waals surface area contributed by atoms with Gasteiger partial charge in [0.25, 0.3) is 0 Å². The zero-order valence-electron chi connectivity index (χ0n) is 19.7. The van der Waals surface area contributed by atoms with Crippen LogP contribution in [-0.4, -0.2) is 58.6 Å². The van der Waals surface area contributed by atoms with Gasteiger partial charge in [0.2, 0.25) is 0 Å². The molecule has 2 N–H and O–H groups in total. The third kappa shape index (κ3) is 9.93. The minimum absolute atomic E-state index is 0. The molecule has 1 fully saturated rings. The number of nitrogens with zero attached hydrogens (tertiary/aromatic N) is 1. The maximum atomic E-state index is 6.20. The standard InChI is InChI=1S/C25H41N3O3.HI/c1-2-26-25(27-14-6-16-30-20-21-12-18-29-19-13-21)28-15-7-17-31-24-11-5-9-22-8-3-4-10-23(22)24;/h3-4,8,10,21,24H,2,5-7,9,11-20H2,1H3,(H2,26,27,28);1H. The van der Waals surface area contributed by atoms with E-state index in [0.717, 1.165) is 90.7 Å². The molecular formula is C25H42IN3O3. The fourth-order valence-corrected chi connectivity index (χ4v) is 4.25. The summed E-state index contributed by atoms with van der Waals surface area (Å²) in [7, 11) is 0. The fraction of sp³-hybridized carbons (Fsp3) is 0.720. The number of ether oxygens (including phenoxy) is 3. The molecule has 0 spiro atoms. The van der Waals surface area contributed by atoms with Crippen LogP contribution in [0.15, 0.2) is 29.3 Å². The first-order valence-electron chi connectivity index (χ1n) is 12.2. The Hall–Kier alpha value is -0.900. The quantitative estimate of drug-likeness (QED) is 0.171. The highest BCUT2D eigenvalue weighted by molar-refractivity contribution is 14.0. The van der Waals surface area contributed by atoms with Crippen molar-refractivity contribution >= 4 is 29.9 Å². The molecule has 0 amide bonds. The van der Waals surface area contributed by atoms with Crippen LogP contribution in [0.5, 0.6) is 0 Å². The van der Waals surface area contributed by atoms with Crippen LogP contribution in [0.4, 0.5) is 0 Å². The minimum Gasteiger partial charge on any atom is -0.381 e. The van der Waals surface area contributed by atoms with Crippen molar-refractivity contribution in [1.29, 1.82) is 0 Å². The van der Waals surface area contributed by atoms with E-state index in [0.29, 0.717) is 5.92 Å². The molecule has 32 heavy (non-hydrogen) atoms. The second kappa shape index (κ2) is 16.7. The van der Waals surface area contributed by atoms with Crippen molar-refractivity contribution in [3.63, 3.8) is 0 Å². The average Bonchev–Trinajstić information content (AvgIpc) is 2.81. The number of hydrogen-bond acceptors (Lipinski definition) is 4. The van der Waals surface area contributed by atoms with Gasteiger partial charge in [0.15, 0.2) is 5.96 Å². The van der Waals surface area contributed by atoms with Crippen molar-refractivity contribution in [3.8, 4) is 0 Å². The lowest BCUT2D eigenvalue weighted by Gasteiger charge is -2.25. The van der Waals surface area contributed by atoms with E-state index in [1.54, 1.807) is 0 Å². The molecule has 3 rings (SSSR count). The number of guanidine groups is 1. The highest BCUT2D eigenvalue weighted by atomic mass is 127. The number of benzene rings is 1. The monoisotopic (exact) mass is 559 g/mol. The predicted octanol–water partition coefficient (Wildman–Crippen LogP) is 4.48. The van der Waals surface area contributed by atoms with Crippen LogP contribution in [-0.2, 0) is 20.6 Å². The van der Waals surface area contributed by atoms with Crippen molar-refractivity contribution in [2.24, 2.45) is 10.9 Å². The van der Waals surface area contributed by atoms with Gasteiger partial charge in [0.1, 0.15) is 0 Å². The molecule has 1 aromatic carbocycles. The molecule has 1 aromatic rings. The summed E-state index contributed by atoms with van der Waals surface area (Å²) in [5.74, 6) is 1.55. The van der Waals surface area contributed by atoms with Gasteiger partial charge >= 0.3 is 0 Å². The molecule has 0 saturated carbocycles. The maximum Gasteiger partial charge on any atom is 0.191 e. The molecule has 1 heterocycles. The Labute approximate surface area is 211 Å². The molecule has 0 aromatic heterocycles. The van der Waals surface area contributed by atoms with Crippen LogP contribution < -0.4 is 10.6 Å². The van der Waals surface area contributed by atoms with Crippen molar-refractivity contribution in [2.75, 3.05) is 52.7 Å². The molecule has 1 unspecified atom stereocenters. The van der Waals surface area contributed by atoms with Gasteiger partial charge in [-0.05, 0) is 68.9 Å². The number of hydrogen-bond donors (Lipinski definition) is 2. The van der Waals surface area contributed by atoms with Crippen molar-refractivity contribution in [2.45, 2.75) is 58.0 Å². The minimum atomic E-state index is 0. The number of rotatable bonds is 12. The molecular weight excluding hydrogens is 517 g/mol. The molecule has 0 radical (unpaired) electrons. The Kier molecular flexibility index (Phi) is 14.2. The molecule has 0 bridgehead atoms. The van der Waals surface area contributed by atoms with Gasteiger partial charge in [-0.15, -0.1) is 24.0 Å². The zero-order chi connectivity index (χ0) is 21.6. The molecule has 1 aliphatic carbocycles. The van der Waals surface area contributed by atoms with Gasteiger partial charge in [-0.3, -0.25) is 4.99 Å². The first-order chi connectivity index (χ1) is 15.4. The van der Waals surface area contributed by atoms with Crippen LogP contribution in [0.3, 0.4) is 0 Å². The SMILES string of the molecule is CCNC(=NCCCOCC1CCOCC1)NCCCOC1CCCc2ccccc21.I. The Morgan fingerprint density at radius 3 is 2.78 bits per heavy atom. The van der Waals surface area contributed by atoms with Gasteiger partial charge in [-0.1, -0.05) is 24.3 Å². The summed E-state index contributed by atoms with van der Waals surface area (Å²) < 4.78 is 17.4. The van der Waals surface area contributed by atoms with Gasteiger partial charge in [0, 0.05) is 52.7 Å². The second-order valence-corrected chi connectivity index (χ2v) is 8.48. The number of halogens is 1. The van der Waals surface area contributed by atoms with Gasteiger partial charge < -0.3 is 24.8 Å². The third-order valence-corrected chi connectivity index (χ3v) is 6.00. The van der Waals surface area contributed by atoms with E-state index in [4.69, 9.17) is 14.2 Å². The van der Waals surface area contributed by atoms with E-state index >= 15 is 0 Å². The Morgan fingerprint density at radius 1 is 1.09 bits per heavy atom. The molecule has 1 atom stereocenters. The molecule has 2 aliphatic rings. The van der Waals surface area contributed by atoms with Crippen LogP contribution >= 0.6 is 24.0 Å². The van der Waals surface area contributed by atoms with Gasteiger partial charge in [0.05, 0.1) is 6.10 Å². The Balaban J connectivity index is 0.00000363. The number of nitrogens with one attached hydrogen (secondary N) is 2. The van der Waals surface area contributed by atoms with Crippen LogP contribution in [0.25, 0.3) is 0 Å². The largest absolute Gasteiger partial charge is 0.381 e. The third-order valence-electron chi connectivity index (χ3n) is 6.00. The van der Waals surface area contributed by atoms with E-state index in [1.165, 1.54) is 24.0 Å². The highest BCUT2D eigenvalue weighted by Gasteiger charge is 2.19. The second-order valence-electron chi connectivity index (χ2n) is 8.48. The molecule has 182 valence electrons. The fourth-order valence-electron chi connectivity index (χ4n) is 4.25. The number of aliphatic imine (C=N–C) groups is 1. The topological polar surface area (TPSA) is 64.1 Å². The normalized spacial score (nSPS) is 19.2. The smallest absolute Gasteiger partial charge is 0.191 e. The maximum absolute atomic E-state index is 6.20. The number of aryl methyl sites for hydroxylation is 1. The average molecular weight is 560 g/mol. The lowest BCUT2D eigenvalue weighted by molar-refractivity contribution is 0.0205.